The first-order chi connectivity index (χ1) is 10.7. The molecule has 0 spiro atoms. The summed E-state index contributed by atoms with van der Waals surface area (Å²) < 4.78 is 2.00. The van der Waals surface area contributed by atoms with Crippen LogP contribution in [-0.2, 0) is 13.6 Å². The first-order valence-electron chi connectivity index (χ1n) is 7.88. The summed E-state index contributed by atoms with van der Waals surface area (Å²) in [6.07, 6.45) is 5.71. The summed E-state index contributed by atoms with van der Waals surface area (Å²) in [4.78, 5) is 9.29. The second-order valence-electron chi connectivity index (χ2n) is 5.94. The third-order valence-electron chi connectivity index (χ3n) is 4.62. The Morgan fingerprint density at radius 2 is 2.09 bits per heavy atom. The smallest absolute Gasteiger partial charge is 0.194 e. The molecular weight excluding hydrogens is 405 g/mol. The van der Waals surface area contributed by atoms with Crippen molar-refractivity contribution in [3.63, 3.8) is 0 Å². The Labute approximate surface area is 154 Å². The SMILES string of the molecule is CN=C(NCc1nnc(C)n1C)N1CCC(N2CC=CC2)C1.I. The fourth-order valence-corrected chi connectivity index (χ4v) is 3.12. The number of aryl methyl sites for hydroxylation is 1. The van der Waals surface area contributed by atoms with Gasteiger partial charge in [-0.15, -0.1) is 34.2 Å². The van der Waals surface area contributed by atoms with E-state index in [0.29, 0.717) is 12.6 Å². The molecule has 128 valence electrons. The van der Waals surface area contributed by atoms with Crippen LogP contribution in [0.2, 0.25) is 0 Å². The summed E-state index contributed by atoms with van der Waals surface area (Å²) in [6, 6.07) is 0.630. The highest BCUT2D eigenvalue weighted by molar-refractivity contribution is 14.0. The largest absolute Gasteiger partial charge is 0.349 e. The van der Waals surface area contributed by atoms with Crippen molar-refractivity contribution in [3.8, 4) is 0 Å². The number of aromatic nitrogens is 3. The molecule has 7 nitrogen and oxygen atoms in total. The average molecular weight is 431 g/mol. The van der Waals surface area contributed by atoms with Gasteiger partial charge < -0.3 is 14.8 Å². The number of rotatable bonds is 3. The lowest BCUT2D eigenvalue weighted by Gasteiger charge is -2.25. The summed E-state index contributed by atoms with van der Waals surface area (Å²) >= 11 is 0. The van der Waals surface area contributed by atoms with Gasteiger partial charge in [-0.2, -0.15) is 0 Å². The molecule has 1 saturated heterocycles. The molecule has 1 unspecified atom stereocenters. The maximum Gasteiger partial charge on any atom is 0.194 e. The molecule has 1 aromatic rings. The van der Waals surface area contributed by atoms with E-state index in [0.717, 1.165) is 43.8 Å². The van der Waals surface area contributed by atoms with Gasteiger partial charge in [0.1, 0.15) is 5.82 Å². The maximum absolute atomic E-state index is 4.42. The first-order valence-corrected chi connectivity index (χ1v) is 7.88. The molecule has 0 radical (unpaired) electrons. The van der Waals surface area contributed by atoms with E-state index in [1.165, 1.54) is 6.42 Å². The lowest BCUT2D eigenvalue weighted by Crippen LogP contribution is -2.42. The lowest BCUT2D eigenvalue weighted by molar-refractivity contribution is 0.259. The van der Waals surface area contributed by atoms with E-state index in [4.69, 9.17) is 0 Å². The van der Waals surface area contributed by atoms with E-state index in [9.17, 15) is 0 Å². The van der Waals surface area contributed by atoms with Crippen LogP contribution < -0.4 is 5.32 Å². The van der Waals surface area contributed by atoms with Gasteiger partial charge >= 0.3 is 0 Å². The Balaban J connectivity index is 0.00000192. The molecule has 0 aromatic carbocycles. The minimum atomic E-state index is 0. The predicted octanol–water partition coefficient (Wildman–Crippen LogP) is 0.763. The molecule has 0 aliphatic carbocycles. The van der Waals surface area contributed by atoms with Crippen LogP contribution in [0, 0.1) is 6.92 Å². The Kier molecular flexibility index (Phi) is 6.40. The van der Waals surface area contributed by atoms with E-state index in [-0.39, 0.29) is 24.0 Å². The molecule has 23 heavy (non-hydrogen) atoms. The van der Waals surface area contributed by atoms with Gasteiger partial charge in [0, 0.05) is 46.3 Å². The maximum atomic E-state index is 4.42. The molecule has 2 aliphatic rings. The number of likely N-dealkylation sites (tertiary alicyclic amines) is 1. The van der Waals surface area contributed by atoms with E-state index in [2.05, 4.69) is 42.5 Å². The van der Waals surface area contributed by atoms with E-state index >= 15 is 0 Å². The monoisotopic (exact) mass is 431 g/mol. The van der Waals surface area contributed by atoms with Gasteiger partial charge in [0.15, 0.2) is 11.8 Å². The molecule has 1 fully saturated rings. The summed E-state index contributed by atoms with van der Waals surface area (Å²) in [5.41, 5.74) is 0. The molecule has 0 bridgehead atoms. The molecule has 0 saturated carbocycles. The van der Waals surface area contributed by atoms with Crippen molar-refractivity contribution >= 4 is 29.9 Å². The Morgan fingerprint density at radius 1 is 1.35 bits per heavy atom. The van der Waals surface area contributed by atoms with Gasteiger partial charge in [-0.3, -0.25) is 9.89 Å². The third kappa shape index (κ3) is 4.03. The zero-order valence-corrected chi connectivity index (χ0v) is 16.4. The van der Waals surface area contributed by atoms with Crippen LogP contribution in [0.1, 0.15) is 18.1 Å². The van der Waals surface area contributed by atoms with Gasteiger partial charge in [0.05, 0.1) is 6.54 Å². The highest BCUT2D eigenvalue weighted by Gasteiger charge is 2.29. The summed E-state index contributed by atoms with van der Waals surface area (Å²) in [7, 11) is 3.83. The standard InChI is InChI=1S/C15H25N7.HI/c1-12-18-19-14(20(12)3)10-17-15(16-2)22-9-6-13(11-22)21-7-4-5-8-21;/h4-5,13H,6-11H2,1-3H3,(H,16,17);1H. The molecule has 3 rings (SSSR count). The van der Waals surface area contributed by atoms with E-state index < -0.39 is 0 Å². The Hall–Kier alpha value is -1.16. The average Bonchev–Trinajstić information content (AvgIpc) is 3.24. The van der Waals surface area contributed by atoms with Crippen molar-refractivity contribution in [1.29, 1.82) is 0 Å². The number of aliphatic imine (C=N–C) groups is 1. The van der Waals surface area contributed by atoms with Crippen LogP contribution in [0.25, 0.3) is 0 Å². The van der Waals surface area contributed by atoms with Gasteiger partial charge in [0.2, 0.25) is 0 Å². The second kappa shape index (κ2) is 8.09. The topological polar surface area (TPSA) is 61.6 Å². The van der Waals surface area contributed by atoms with E-state index in [1.54, 1.807) is 0 Å². The molecule has 1 atom stereocenters. The van der Waals surface area contributed by atoms with Crippen molar-refractivity contribution in [1.82, 2.24) is 29.9 Å². The van der Waals surface area contributed by atoms with Crippen LogP contribution >= 0.6 is 24.0 Å². The molecule has 1 N–H and O–H groups in total. The highest BCUT2D eigenvalue weighted by atomic mass is 127. The van der Waals surface area contributed by atoms with Crippen molar-refractivity contribution < 1.29 is 0 Å². The fraction of sp³-hybridized carbons (Fsp3) is 0.667. The van der Waals surface area contributed by atoms with Gasteiger partial charge in [-0.05, 0) is 13.3 Å². The molecule has 8 heteroatoms. The Morgan fingerprint density at radius 3 is 2.70 bits per heavy atom. The zero-order valence-electron chi connectivity index (χ0n) is 14.1. The number of halogens is 1. The van der Waals surface area contributed by atoms with Gasteiger partial charge in [-0.1, -0.05) is 12.2 Å². The molecule has 2 aliphatic heterocycles. The second-order valence-corrected chi connectivity index (χ2v) is 5.94. The van der Waals surface area contributed by atoms with Crippen molar-refractivity contribution in [2.75, 3.05) is 33.2 Å². The van der Waals surface area contributed by atoms with E-state index in [1.807, 2.05) is 25.6 Å². The molecular formula is C15H26IN7. The minimum absolute atomic E-state index is 0. The third-order valence-corrected chi connectivity index (χ3v) is 4.62. The van der Waals surface area contributed by atoms with Crippen LogP contribution in [0.4, 0.5) is 0 Å². The van der Waals surface area contributed by atoms with Gasteiger partial charge in [-0.25, -0.2) is 0 Å². The molecule has 3 heterocycles. The molecule has 1 aromatic heterocycles. The van der Waals surface area contributed by atoms with Crippen molar-refractivity contribution in [2.45, 2.75) is 25.9 Å². The number of hydrogen-bond donors (Lipinski definition) is 1. The Bertz CT molecular complexity index is 572. The van der Waals surface area contributed by atoms with Crippen LogP contribution in [-0.4, -0.2) is 69.8 Å². The number of hydrogen-bond acceptors (Lipinski definition) is 4. The summed E-state index contributed by atoms with van der Waals surface area (Å²) in [6.45, 7) is 6.88. The summed E-state index contributed by atoms with van der Waals surface area (Å²) in [5, 5.41) is 11.7. The number of guanidine groups is 1. The normalized spacial score (nSPS) is 21.8. The zero-order chi connectivity index (χ0) is 15.5. The number of nitrogens with zero attached hydrogens (tertiary/aromatic N) is 6. The van der Waals surface area contributed by atoms with Crippen LogP contribution in [0.5, 0.6) is 0 Å². The van der Waals surface area contributed by atoms with Crippen molar-refractivity contribution in [3.05, 3.63) is 23.8 Å². The highest BCUT2D eigenvalue weighted by Crippen LogP contribution is 2.17. The predicted molar refractivity (Wildman–Crippen MR) is 102 cm³/mol. The van der Waals surface area contributed by atoms with Crippen molar-refractivity contribution in [2.24, 2.45) is 12.0 Å². The quantitative estimate of drug-likeness (QED) is 0.332. The number of nitrogens with one attached hydrogen (secondary N) is 1. The van der Waals surface area contributed by atoms with Crippen LogP contribution in [0.15, 0.2) is 17.1 Å². The fourth-order valence-electron chi connectivity index (χ4n) is 3.12. The minimum Gasteiger partial charge on any atom is -0.349 e. The van der Waals surface area contributed by atoms with Crippen LogP contribution in [0.3, 0.4) is 0 Å². The first kappa shape index (κ1) is 18.2. The van der Waals surface area contributed by atoms with Gasteiger partial charge in [0.25, 0.3) is 0 Å². The summed E-state index contributed by atoms with van der Waals surface area (Å²) in [5.74, 6) is 2.81. The lowest BCUT2D eigenvalue weighted by atomic mass is 10.2. The molecule has 0 amide bonds.